The van der Waals surface area contributed by atoms with E-state index in [2.05, 4.69) is 26.5 Å². The van der Waals surface area contributed by atoms with Gasteiger partial charge >= 0.3 is 5.97 Å². The van der Waals surface area contributed by atoms with Crippen LogP contribution in [0.15, 0.2) is 23.8 Å². The van der Waals surface area contributed by atoms with Crippen molar-refractivity contribution in [1.82, 2.24) is 0 Å². The van der Waals surface area contributed by atoms with Crippen LogP contribution in [0, 0.1) is 11.8 Å². The normalized spacial score (nSPS) is 46.2. The predicted molar refractivity (Wildman–Crippen MR) is 92.4 cm³/mol. The third-order valence-electron chi connectivity index (χ3n) is 6.09. The third kappa shape index (κ3) is 3.31. The van der Waals surface area contributed by atoms with Crippen molar-refractivity contribution in [2.24, 2.45) is 11.8 Å². The quantitative estimate of drug-likeness (QED) is 0.418. The highest BCUT2D eigenvalue weighted by molar-refractivity contribution is 5.89. The molecule has 0 unspecified atom stereocenters. The molecule has 2 fully saturated rings. The third-order valence-corrected chi connectivity index (χ3v) is 6.09. The number of hydrogen-bond acceptors (Lipinski definition) is 4. The van der Waals surface area contributed by atoms with Gasteiger partial charge in [-0.25, -0.2) is 4.79 Å². The topological polar surface area (TPSA) is 55.8 Å². The maximum Gasteiger partial charge on any atom is 0.334 e. The lowest BCUT2D eigenvalue weighted by Gasteiger charge is -2.37. The van der Waals surface area contributed by atoms with Gasteiger partial charge in [0.1, 0.15) is 12.2 Å². The Balaban J connectivity index is 1.90. The fourth-order valence-corrected chi connectivity index (χ4v) is 4.35. The molecule has 0 aromatic rings. The molecule has 0 amide bonds. The minimum Gasteiger partial charge on any atom is -0.456 e. The molecule has 134 valence electrons. The van der Waals surface area contributed by atoms with E-state index in [1.807, 2.05) is 6.92 Å². The number of fused-ring (bicyclic) bond motifs is 1. The molecule has 0 saturated carbocycles. The maximum atomic E-state index is 12.2. The van der Waals surface area contributed by atoms with Gasteiger partial charge in [0.15, 0.2) is 0 Å². The minimum absolute atomic E-state index is 0.0320. The summed E-state index contributed by atoms with van der Waals surface area (Å²) >= 11 is 0. The van der Waals surface area contributed by atoms with Crippen LogP contribution >= 0.6 is 0 Å². The van der Waals surface area contributed by atoms with Crippen LogP contribution in [0.4, 0.5) is 0 Å². The Morgan fingerprint density at radius 2 is 2.12 bits per heavy atom. The SMILES string of the molecule is C=C1C(=O)O[C@@H]2[C@@H]3O[C@@H](C[C@@H]13)[C@](C)(O)CCC/C(C)=C\CC[C@@H]2C. The Labute approximate surface area is 144 Å². The Morgan fingerprint density at radius 1 is 1.38 bits per heavy atom. The number of carbonyl (C=O) groups is 1. The van der Waals surface area contributed by atoms with E-state index in [-0.39, 0.29) is 36.1 Å². The molecule has 1 N–H and O–H groups in total. The number of rotatable bonds is 0. The Hall–Kier alpha value is -1.13. The van der Waals surface area contributed by atoms with Crippen LogP contribution in [0.5, 0.6) is 0 Å². The zero-order chi connectivity index (χ0) is 17.5. The lowest BCUT2D eigenvalue weighted by atomic mass is 9.79. The number of aliphatic hydroxyl groups is 1. The van der Waals surface area contributed by atoms with Crippen molar-refractivity contribution in [2.75, 3.05) is 0 Å². The largest absolute Gasteiger partial charge is 0.456 e. The van der Waals surface area contributed by atoms with Crippen LogP contribution in [0.25, 0.3) is 0 Å². The Bertz CT molecular complexity index is 548. The number of allylic oxidation sites excluding steroid dienone is 2. The molecule has 4 nitrogen and oxygen atoms in total. The van der Waals surface area contributed by atoms with Crippen molar-refractivity contribution in [3.05, 3.63) is 23.8 Å². The van der Waals surface area contributed by atoms with Crippen LogP contribution < -0.4 is 0 Å². The van der Waals surface area contributed by atoms with Gasteiger partial charge in [-0.15, -0.1) is 0 Å². The number of ether oxygens (including phenoxy) is 2. The molecule has 0 aromatic heterocycles. The molecule has 0 radical (unpaired) electrons. The number of hydrogen-bond donors (Lipinski definition) is 1. The lowest BCUT2D eigenvalue weighted by molar-refractivity contribution is -0.174. The highest BCUT2D eigenvalue weighted by Gasteiger charge is 2.53. The summed E-state index contributed by atoms with van der Waals surface area (Å²) in [5.74, 6) is -0.103. The summed E-state index contributed by atoms with van der Waals surface area (Å²) < 4.78 is 11.9. The standard InChI is InChI=1S/C20H30O4/c1-12-7-5-9-13(2)17-18-15(14(3)19(21)24-17)11-16(23-18)20(4,22)10-6-8-12/h7,13,15-18,22H,3,5-6,8-11H2,1-2,4H3/b12-7-/t13-,15-,16-,17-,18+,20+/m0/s1. The van der Waals surface area contributed by atoms with Gasteiger partial charge in [0.05, 0.1) is 11.7 Å². The molecular formula is C20H30O4. The molecular weight excluding hydrogens is 304 g/mol. The molecule has 3 aliphatic heterocycles. The summed E-state index contributed by atoms with van der Waals surface area (Å²) in [4.78, 5) is 12.2. The summed E-state index contributed by atoms with van der Waals surface area (Å²) in [7, 11) is 0. The highest BCUT2D eigenvalue weighted by atomic mass is 16.6. The summed E-state index contributed by atoms with van der Waals surface area (Å²) in [6.45, 7) is 10.1. The lowest BCUT2D eigenvalue weighted by Crippen LogP contribution is -2.47. The summed E-state index contributed by atoms with van der Waals surface area (Å²) in [5, 5.41) is 10.9. The van der Waals surface area contributed by atoms with Gasteiger partial charge in [-0.2, -0.15) is 0 Å². The van der Waals surface area contributed by atoms with Crippen molar-refractivity contribution in [3.8, 4) is 0 Å². The summed E-state index contributed by atoms with van der Waals surface area (Å²) in [5.41, 5.74) is 0.989. The molecule has 3 heterocycles. The summed E-state index contributed by atoms with van der Waals surface area (Å²) in [6.07, 6.45) is 6.86. The van der Waals surface area contributed by atoms with Gasteiger partial charge in [-0.1, -0.05) is 25.2 Å². The predicted octanol–water partition coefficient (Wildman–Crippen LogP) is 3.54. The molecule has 3 aliphatic rings. The van der Waals surface area contributed by atoms with Crippen LogP contribution in [0.1, 0.15) is 59.3 Å². The fraction of sp³-hybridized carbons (Fsp3) is 0.750. The second-order valence-electron chi connectivity index (χ2n) is 8.14. The molecule has 4 heteroatoms. The maximum absolute atomic E-state index is 12.2. The first-order valence-corrected chi connectivity index (χ1v) is 9.23. The fourth-order valence-electron chi connectivity index (χ4n) is 4.35. The van der Waals surface area contributed by atoms with Crippen molar-refractivity contribution >= 4 is 5.97 Å². The van der Waals surface area contributed by atoms with Gasteiger partial charge in [0.2, 0.25) is 0 Å². The first-order chi connectivity index (χ1) is 11.3. The van der Waals surface area contributed by atoms with E-state index in [1.54, 1.807) is 0 Å². The molecule has 24 heavy (non-hydrogen) atoms. The van der Waals surface area contributed by atoms with Gasteiger partial charge in [0.25, 0.3) is 0 Å². The second kappa shape index (κ2) is 6.64. The second-order valence-corrected chi connectivity index (χ2v) is 8.14. The van der Waals surface area contributed by atoms with E-state index in [0.717, 1.165) is 25.7 Å². The molecule has 2 bridgehead atoms. The van der Waals surface area contributed by atoms with E-state index < -0.39 is 5.60 Å². The van der Waals surface area contributed by atoms with Crippen molar-refractivity contribution in [3.63, 3.8) is 0 Å². The molecule has 0 aromatic carbocycles. The smallest absolute Gasteiger partial charge is 0.334 e. The average Bonchev–Trinajstić information content (AvgIpc) is 2.96. The van der Waals surface area contributed by atoms with Crippen molar-refractivity contribution in [2.45, 2.75) is 83.2 Å². The molecule has 6 atom stereocenters. The van der Waals surface area contributed by atoms with Gasteiger partial charge in [-0.3, -0.25) is 0 Å². The summed E-state index contributed by atoms with van der Waals surface area (Å²) in [6, 6.07) is 0. The van der Waals surface area contributed by atoms with Crippen LogP contribution in [-0.4, -0.2) is 35.0 Å². The highest BCUT2D eigenvalue weighted by Crippen LogP contribution is 2.45. The van der Waals surface area contributed by atoms with Gasteiger partial charge in [-0.05, 0) is 58.3 Å². The van der Waals surface area contributed by atoms with Crippen molar-refractivity contribution < 1.29 is 19.4 Å². The molecule has 0 aliphatic carbocycles. The van der Waals surface area contributed by atoms with E-state index >= 15 is 0 Å². The number of esters is 1. The zero-order valence-electron chi connectivity index (χ0n) is 15.1. The molecule has 0 spiro atoms. The van der Waals surface area contributed by atoms with Crippen LogP contribution in [-0.2, 0) is 14.3 Å². The Morgan fingerprint density at radius 3 is 2.88 bits per heavy atom. The van der Waals surface area contributed by atoms with E-state index in [1.165, 1.54) is 5.57 Å². The van der Waals surface area contributed by atoms with E-state index in [0.29, 0.717) is 18.4 Å². The van der Waals surface area contributed by atoms with Gasteiger partial charge < -0.3 is 14.6 Å². The van der Waals surface area contributed by atoms with Crippen LogP contribution in [0.2, 0.25) is 0 Å². The monoisotopic (exact) mass is 334 g/mol. The van der Waals surface area contributed by atoms with Crippen LogP contribution in [0.3, 0.4) is 0 Å². The Kier molecular flexibility index (Phi) is 4.89. The average molecular weight is 334 g/mol. The van der Waals surface area contributed by atoms with Crippen molar-refractivity contribution in [1.29, 1.82) is 0 Å². The first-order valence-electron chi connectivity index (χ1n) is 9.23. The molecule has 3 rings (SSSR count). The van der Waals surface area contributed by atoms with Gasteiger partial charge in [0, 0.05) is 11.5 Å². The first kappa shape index (κ1) is 17.7. The minimum atomic E-state index is -0.886. The number of carbonyl (C=O) groups excluding carboxylic acids is 1. The zero-order valence-corrected chi connectivity index (χ0v) is 15.1. The van der Waals surface area contributed by atoms with E-state index in [9.17, 15) is 9.90 Å². The molecule has 2 saturated heterocycles. The van der Waals surface area contributed by atoms with E-state index in [4.69, 9.17) is 9.47 Å².